The fourth-order valence-corrected chi connectivity index (χ4v) is 6.11. The van der Waals surface area contributed by atoms with Crippen LogP contribution in [-0.4, -0.2) is 17.7 Å². The molecule has 3 rings (SSSR count). The number of hydrogen-bond acceptors (Lipinski definition) is 3. The lowest BCUT2D eigenvalue weighted by atomic mass is 9.69. The van der Waals surface area contributed by atoms with Crippen molar-refractivity contribution in [1.82, 2.24) is 0 Å². The smallest absolute Gasteiger partial charge is 0.249 e. The van der Waals surface area contributed by atoms with Gasteiger partial charge in [-0.25, -0.2) is 0 Å². The molecule has 6 heteroatoms. The van der Waals surface area contributed by atoms with E-state index in [0.717, 1.165) is 51.4 Å². The van der Waals surface area contributed by atoms with Gasteiger partial charge in [0.2, 0.25) is 17.7 Å². The van der Waals surface area contributed by atoms with Gasteiger partial charge in [0.1, 0.15) is 0 Å². The van der Waals surface area contributed by atoms with Crippen LogP contribution < -0.4 is 16.8 Å². The molecule has 0 atom stereocenters. The average molecular weight is 470 g/mol. The number of anilines is 1. The Kier molecular flexibility index (Phi) is 8.10. The summed E-state index contributed by atoms with van der Waals surface area (Å²) in [7, 11) is 0. The van der Waals surface area contributed by atoms with Gasteiger partial charge in [0.15, 0.2) is 0 Å². The van der Waals surface area contributed by atoms with Crippen molar-refractivity contribution >= 4 is 23.4 Å². The first-order valence-electron chi connectivity index (χ1n) is 13.0. The fraction of sp³-hybridized carbons (Fsp3) is 0.679. The molecule has 0 aromatic heterocycles. The maximum Gasteiger partial charge on any atom is 0.249 e. The van der Waals surface area contributed by atoms with Gasteiger partial charge in [0, 0.05) is 22.7 Å². The largest absolute Gasteiger partial charge is 0.366 e. The first-order valence-corrected chi connectivity index (χ1v) is 13.0. The van der Waals surface area contributed by atoms with E-state index in [2.05, 4.69) is 39.9 Å². The van der Waals surface area contributed by atoms with E-state index in [0.29, 0.717) is 40.1 Å². The van der Waals surface area contributed by atoms with Crippen molar-refractivity contribution in [3.8, 4) is 0 Å². The second-order valence-corrected chi connectivity index (χ2v) is 12.0. The standard InChI is InChI=1S/C28H43N3O3/c1-16(2)17-6-8-18(9-7-17)24-22(25(29)32)14-21(15-23(24)26(30)33)31-27(34)19-10-12-20(13-11-19)28(3,4)5/h14-20H,6-13H2,1-5H3,(H2,29,32)(H2,30,33)(H,31,34). The lowest BCUT2D eigenvalue weighted by molar-refractivity contribution is -0.121. The number of carbonyl (C=O) groups excluding carboxylic acids is 3. The predicted molar refractivity (Wildman–Crippen MR) is 137 cm³/mol. The second kappa shape index (κ2) is 10.5. The molecule has 0 unspecified atom stereocenters. The van der Waals surface area contributed by atoms with E-state index in [9.17, 15) is 14.4 Å². The lowest BCUT2D eigenvalue weighted by Gasteiger charge is -2.36. The zero-order valence-corrected chi connectivity index (χ0v) is 21.6. The molecule has 6 nitrogen and oxygen atoms in total. The minimum Gasteiger partial charge on any atom is -0.366 e. The third-order valence-electron chi connectivity index (χ3n) is 8.42. The summed E-state index contributed by atoms with van der Waals surface area (Å²) in [4.78, 5) is 37.9. The highest BCUT2D eigenvalue weighted by atomic mass is 16.2. The second-order valence-electron chi connectivity index (χ2n) is 12.0. The van der Waals surface area contributed by atoms with Gasteiger partial charge >= 0.3 is 0 Å². The highest BCUT2D eigenvalue weighted by Gasteiger charge is 2.33. The van der Waals surface area contributed by atoms with Gasteiger partial charge in [-0.3, -0.25) is 14.4 Å². The number of benzene rings is 1. The van der Waals surface area contributed by atoms with Crippen molar-refractivity contribution in [3.05, 3.63) is 28.8 Å². The molecule has 2 fully saturated rings. The Labute approximate surface area is 204 Å². The topological polar surface area (TPSA) is 115 Å². The van der Waals surface area contributed by atoms with E-state index >= 15 is 0 Å². The summed E-state index contributed by atoms with van der Waals surface area (Å²) in [6.45, 7) is 11.2. The number of amides is 3. The number of nitrogens with two attached hydrogens (primary N) is 2. The Morgan fingerprint density at radius 2 is 1.35 bits per heavy atom. The summed E-state index contributed by atoms with van der Waals surface area (Å²) in [6.07, 6.45) is 7.63. The Morgan fingerprint density at radius 1 is 0.853 bits per heavy atom. The minimum atomic E-state index is -0.592. The SMILES string of the molecule is CC(C)C1CCC(c2c(C(N)=O)cc(NC(=O)C3CCC(C(C)(C)C)CC3)cc2C(N)=O)CC1. The molecule has 188 valence electrons. The van der Waals surface area contributed by atoms with Gasteiger partial charge in [-0.1, -0.05) is 34.6 Å². The van der Waals surface area contributed by atoms with E-state index in [1.54, 1.807) is 12.1 Å². The first kappa shape index (κ1) is 26.2. The van der Waals surface area contributed by atoms with Crippen molar-refractivity contribution in [2.75, 3.05) is 5.32 Å². The quantitative estimate of drug-likeness (QED) is 0.503. The maximum atomic E-state index is 13.0. The highest BCUT2D eigenvalue weighted by Crippen LogP contribution is 2.42. The molecule has 3 amide bonds. The van der Waals surface area contributed by atoms with Crippen LogP contribution in [-0.2, 0) is 4.79 Å². The summed E-state index contributed by atoms with van der Waals surface area (Å²) in [5.74, 6) is 0.625. The van der Waals surface area contributed by atoms with Crippen molar-refractivity contribution < 1.29 is 14.4 Å². The van der Waals surface area contributed by atoms with Crippen LogP contribution in [0.2, 0.25) is 0 Å². The first-order chi connectivity index (χ1) is 15.9. The number of nitrogens with one attached hydrogen (secondary N) is 1. The number of rotatable bonds is 6. The van der Waals surface area contributed by atoms with Crippen LogP contribution in [0.25, 0.3) is 0 Å². The van der Waals surface area contributed by atoms with E-state index in [-0.39, 0.29) is 23.2 Å². The maximum absolute atomic E-state index is 13.0. The Bertz CT molecular complexity index is 880. The van der Waals surface area contributed by atoms with Gasteiger partial charge < -0.3 is 16.8 Å². The van der Waals surface area contributed by atoms with Crippen LogP contribution in [0.15, 0.2) is 12.1 Å². The van der Waals surface area contributed by atoms with E-state index < -0.39 is 11.8 Å². The molecular formula is C28H43N3O3. The van der Waals surface area contributed by atoms with Crippen LogP contribution in [0.4, 0.5) is 5.69 Å². The normalized spacial score (nSPS) is 25.7. The number of hydrogen-bond donors (Lipinski definition) is 3. The van der Waals surface area contributed by atoms with Crippen LogP contribution in [0.1, 0.15) is 118 Å². The number of primary amides is 2. The molecule has 0 bridgehead atoms. The van der Waals surface area contributed by atoms with Crippen LogP contribution in [0.3, 0.4) is 0 Å². The molecular weight excluding hydrogens is 426 g/mol. The van der Waals surface area contributed by atoms with Crippen molar-refractivity contribution in [2.45, 2.75) is 91.9 Å². The molecule has 2 aliphatic carbocycles. The van der Waals surface area contributed by atoms with Gasteiger partial charge in [0.25, 0.3) is 0 Å². The van der Waals surface area contributed by atoms with Gasteiger partial charge in [-0.15, -0.1) is 0 Å². The summed E-state index contributed by atoms with van der Waals surface area (Å²) in [5.41, 5.74) is 13.5. The van der Waals surface area contributed by atoms with E-state index in [1.165, 1.54) is 0 Å². The molecule has 5 N–H and O–H groups in total. The summed E-state index contributed by atoms with van der Waals surface area (Å²) >= 11 is 0. The molecule has 0 aliphatic heterocycles. The third kappa shape index (κ3) is 6.00. The van der Waals surface area contributed by atoms with Crippen molar-refractivity contribution in [2.24, 2.45) is 40.6 Å². The third-order valence-corrected chi connectivity index (χ3v) is 8.42. The zero-order chi connectivity index (χ0) is 25.2. The van der Waals surface area contributed by atoms with Crippen LogP contribution in [0, 0.1) is 29.1 Å². The zero-order valence-electron chi connectivity index (χ0n) is 21.6. The van der Waals surface area contributed by atoms with Crippen LogP contribution >= 0.6 is 0 Å². The highest BCUT2D eigenvalue weighted by molar-refractivity contribution is 6.04. The van der Waals surface area contributed by atoms with Gasteiger partial charge in [-0.2, -0.15) is 0 Å². The molecule has 0 saturated heterocycles. The molecule has 1 aromatic rings. The molecule has 34 heavy (non-hydrogen) atoms. The Balaban J connectivity index is 1.81. The predicted octanol–water partition coefficient (Wildman–Crippen LogP) is 5.61. The number of carbonyl (C=O) groups is 3. The monoisotopic (exact) mass is 469 g/mol. The fourth-order valence-electron chi connectivity index (χ4n) is 6.11. The Hall–Kier alpha value is -2.37. The molecule has 0 heterocycles. The van der Waals surface area contributed by atoms with E-state index in [4.69, 9.17) is 11.5 Å². The van der Waals surface area contributed by atoms with Gasteiger partial charge in [-0.05, 0) is 98.1 Å². The summed E-state index contributed by atoms with van der Waals surface area (Å²) in [6, 6.07) is 3.27. The van der Waals surface area contributed by atoms with Crippen molar-refractivity contribution in [1.29, 1.82) is 0 Å². The molecule has 2 aliphatic rings. The molecule has 1 aromatic carbocycles. The summed E-state index contributed by atoms with van der Waals surface area (Å²) < 4.78 is 0. The average Bonchev–Trinajstić information content (AvgIpc) is 2.78. The minimum absolute atomic E-state index is 0.0663. The molecule has 2 saturated carbocycles. The van der Waals surface area contributed by atoms with Crippen LogP contribution in [0.5, 0.6) is 0 Å². The summed E-state index contributed by atoms with van der Waals surface area (Å²) in [5, 5.41) is 2.95. The molecule has 0 radical (unpaired) electrons. The lowest BCUT2D eigenvalue weighted by Crippen LogP contribution is -2.32. The van der Waals surface area contributed by atoms with E-state index in [1.807, 2.05) is 0 Å². The van der Waals surface area contributed by atoms with Gasteiger partial charge in [0.05, 0.1) is 0 Å². The Morgan fingerprint density at radius 3 is 1.76 bits per heavy atom. The molecule has 0 spiro atoms. The van der Waals surface area contributed by atoms with Crippen molar-refractivity contribution in [3.63, 3.8) is 0 Å².